The second-order valence-electron chi connectivity index (χ2n) is 6.92. The molecule has 1 aromatic heterocycles. The van der Waals surface area contributed by atoms with Crippen LogP contribution < -0.4 is 15.5 Å². The molecule has 1 atom stereocenters. The van der Waals surface area contributed by atoms with Gasteiger partial charge in [-0.05, 0) is 42.9 Å². The predicted octanol–water partition coefficient (Wildman–Crippen LogP) is 3.06. The summed E-state index contributed by atoms with van der Waals surface area (Å²) in [7, 11) is 3.72. The van der Waals surface area contributed by atoms with Crippen molar-refractivity contribution in [3.63, 3.8) is 0 Å². The number of aliphatic hydroxyl groups excluding tert-OH is 1. The number of benzene rings is 1. The first-order valence-electron chi connectivity index (χ1n) is 8.62. The number of oxazole rings is 1. The molecular formula is C18H28N4O3. The molecule has 0 fully saturated rings. The lowest BCUT2D eigenvalue weighted by Crippen LogP contribution is -2.33. The van der Waals surface area contributed by atoms with Crippen molar-refractivity contribution in [3.05, 3.63) is 18.2 Å². The Labute approximate surface area is 148 Å². The molecule has 3 N–H and O–H groups in total. The van der Waals surface area contributed by atoms with Crippen LogP contribution in [-0.2, 0) is 0 Å². The topological polar surface area (TPSA) is 90.6 Å². The zero-order valence-corrected chi connectivity index (χ0v) is 15.4. The van der Waals surface area contributed by atoms with Crippen LogP contribution in [0.1, 0.15) is 26.7 Å². The van der Waals surface area contributed by atoms with Crippen LogP contribution in [0.3, 0.4) is 0 Å². The lowest BCUT2D eigenvalue weighted by atomic mass is 9.94. The Bertz CT molecular complexity index is 697. The van der Waals surface area contributed by atoms with Crippen LogP contribution >= 0.6 is 0 Å². The van der Waals surface area contributed by atoms with Gasteiger partial charge in [-0.15, -0.1) is 0 Å². The molecule has 7 heteroatoms. The highest BCUT2D eigenvalue weighted by atomic mass is 16.4. The largest absolute Gasteiger partial charge is 0.423 e. The van der Waals surface area contributed by atoms with E-state index in [9.17, 15) is 4.79 Å². The lowest BCUT2D eigenvalue weighted by Gasteiger charge is -2.18. The zero-order chi connectivity index (χ0) is 18.4. The number of anilines is 2. The molecular weight excluding hydrogens is 320 g/mol. The molecule has 0 saturated carbocycles. The molecule has 0 spiro atoms. The summed E-state index contributed by atoms with van der Waals surface area (Å²) in [5.74, 6) is 0.804. The van der Waals surface area contributed by atoms with Crippen LogP contribution in [0.2, 0.25) is 0 Å². The number of carbonyl (C=O) groups excluding carboxylic acids is 1. The summed E-state index contributed by atoms with van der Waals surface area (Å²) in [6.07, 6.45) is 1.66. The van der Waals surface area contributed by atoms with Gasteiger partial charge in [0.15, 0.2) is 5.58 Å². The first kappa shape index (κ1) is 19.1. The van der Waals surface area contributed by atoms with Crippen molar-refractivity contribution in [1.29, 1.82) is 0 Å². The van der Waals surface area contributed by atoms with E-state index in [1.54, 1.807) is 23.1 Å². The fourth-order valence-corrected chi connectivity index (χ4v) is 2.75. The van der Waals surface area contributed by atoms with E-state index in [0.717, 1.165) is 6.42 Å². The van der Waals surface area contributed by atoms with Crippen LogP contribution in [0.15, 0.2) is 22.6 Å². The van der Waals surface area contributed by atoms with E-state index in [1.807, 2.05) is 14.1 Å². The summed E-state index contributed by atoms with van der Waals surface area (Å²) in [5.41, 5.74) is 2.03. The number of hydrogen-bond acceptors (Lipinski definition) is 5. The molecule has 1 unspecified atom stereocenters. The highest BCUT2D eigenvalue weighted by molar-refractivity contribution is 5.91. The maximum atomic E-state index is 12.1. The maximum absolute atomic E-state index is 12.1. The molecule has 2 aromatic rings. The van der Waals surface area contributed by atoms with Gasteiger partial charge in [-0.2, -0.15) is 4.98 Å². The van der Waals surface area contributed by atoms with Gasteiger partial charge in [0.25, 0.3) is 6.01 Å². The minimum atomic E-state index is -0.262. The van der Waals surface area contributed by atoms with Crippen molar-refractivity contribution in [2.75, 3.05) is 37.5 Å². The molecule has 2 amide bonds. The molecule has 0 aliphatic heterocycles. The zero-order valence-electron chi connectivity index (χ0n) is 15.4. The Kier molecular flexibility index (Phi) is 6.64. The summed E-state index contributed by atoms with van der Waals surface area (Å²) in [5, 5.41) is 14.8. The van der Waals surface area contributed by atoms with E-state index in [2.05, 4.69) is 29.5 Å². The van der Waals surface area contributed by atoms with E-state index in [4.69, 9.17) is 9.52 Å². The van der Waals surface area contributed by atoms with Crippen LogP contribution in [0.4, 0.5) is 16.5 Å². The standard InChI is InChI=1S/C18H28N4O3/c1-12(2)9-13(7-8-23)11-19-17(24)20-14-5-6-16-15(10-14)21-18(25-16)22(3)4/h5-6,10,12-13,23H,7-9,11H2,1-4H3,(H2,19,20,24). The van der Waals surface area contributed by atoms with Crippen molar-refractivity contribution >= 4 is 28.8 Å². The van der Waals surface area contributed by atoms with Gasteiger partial charge in [0.2, 0.25) is 0 Å². The van der Waals surface area contributed by atoms with Gasteiger partial charge in [0.1, 0.15) is 5.52 Å². The minimum Gasteiger partial charge on any atom is -0.423 e. The summed E-state index contributed by atoms with van der Waals surface area (Å²) in [6.45, 7) is 4.96. The molecule has 7 nitrogen and oxygen atoms in total. The van der Waals surface area contributed by atoms with Gasteiger partial charge < -0.3 is 25.1 Å². The molecule has 0 aliphatic rings. The quantitative estimate of drug-likeness (QED) is 0.682. The third kappa shape index (κ3) is 5.63. The number of rotatable bonds is 8. The number of nitrogens with zero attached hydrogens (tertiary/aromatic N) is 2. The molecule has 1 heterocycles. The predicted molar refractivity (Wildman–Crippen MR) is 100 cm³/mol. The highest BCUT2D eigenvalue weighted by Crippen LogP contribution is 2.23. The van der Waals surface area contributed by atoms with Gasteiger partial charge >= 0.3 is 6.03 Å². The Morgan fingerprint density at radius 2 is 2.12 bits per heavy atom. The molecule has 138 valence electrons. The normalized spacial score (nSPS) is 12.4. The molecule has 0 saturated heterocycles. The molecule has 0 radical (unpaired) electrons. The van der Waals surface area contributed by atoms with Crippen molar-refractivity contribution in [2.45, 2.75) is 26.7 Å². The van der Waals surface area contributed by atoms with Crippen LogP contribution in [0, 0.1) is 11.8 Å². The number of fused-ring (bicyclic) bond motifs is 1. The van der Waals surface area contributed by atoms with Gasteiger partial charge in [0, 0.05) is 32.9 Å². The second kappa shape index (κ2) is 8.71. The van der Waals surface area contributed by atoms with Crippen molar-refractivity contribution in [1.82, 2.24) is 10.3 Å². The Morgan fingerprint density at radius 3 is 2.76 bits per heavy atom. The number of aromatic nitrogens is 1. The Morgan fingerprint density at radius 1 is 1.36 bits per heavy atom. The average molecular weight is 348 g/mol. The van der Waals surface area contributed by atoms with E-state index < -0.39 is 0 Å². The van der Waals surface area contributed by atoms with Crippen LogP contribution in [0.25, 0.3) is 11.1 Å². The SMILES string of the molecule is CC(C)CC(CCO)CNC(=O)Nc1ccc2oc(N(C)C)nc2c1. The third-order valence-corrected chi connectivity index (χ3v) is 3.91. The molecule has 0 bridgehead atoms. The number of hydrogen-bond donors (Lipinski definition) is 3. The van der Waals surface area contributed by atoms with Gasteiger partial charge in [0.05, 0.1) is 0 Å². The fourth-order valence-electron chi connectivity index (χ4n) is 2.75. The molecule has 2 rings (SSSR count). The van der Waals surface area contributed by atoms with E-state index in [-0.39, 0.29) is 18.6 Å². The maximum Gasteiger partial charge on any atom is 0.319 e. The van der Waals surface area contributed by atoms with Crippen molar-refractivity contribution < 1.29 is 14.3 Å². The summed E-state index contributed by atoms with van der Waals surface area (Å²) in [4.78, 5) is 18.3. The number of nitrogens with one attached hydrogen (secondary N) is 2. The van der Waals surface area contributed by atoms with Crippen molar-refractivity contribution in [2.24, 2.45) is 11.8 Å². The highest BCUT2D eigenvalue weighted by Gasteiger charge is 2.13. The van der Waals surface area contributed by atoms with Crippen molar-refractivity contribution in [3.8, 4) is 0 Å². The smallest absolute Gasteiger partial charge is 0.319 e. The monoisotopic (exact) mass is 348 g/mol. The van der Waals surface area contributed by atoms with Gasteiger partial charge in [-0.25, -0.2) is 4.79 Å². The van der Waals surface area contributed by atoms with Crippen LogP contribution in [-0.4, -0.2) is 43.4 Å². The Hall–Kier alpha value is -2.28. The van der Waals surface area contributed by atoms with E-state index in [1.165, 1.54) is 0 Å². The van der Waals surface area contributed by atoms with Gasteiger partial charge in [-0.1, -0.05) is 13.8 Å². The third-order valence-electron chi connectivity index (χ3n) is 3.91. The summed E-state index contributed by atoms with van der Waals surface area (Å²) < 4.78 is 5.60. The molecule has 1 aromatic carbocycles. The lowest BCUT2D eigenvalue weighted by molar-refractivity contribution is 0.231. The van der Waals surface area contributed by atoms with E-state index >= 15 is 0 Å². The first-order valence-corrected chi connectivity index (χ1v) is 8.62. The summed E-state index contributed by atoms with van der Waals surface area (Å²) >= 11 is 0. The molecule has 0 aliphatic carbocycles. The van der Waals surface area contributed by atoms with Crippen LogP contribution in [0.5, 0.6) is 0 Å². The number of urea groups is 1. The fraction of sp³-hybridized carbons (Fsp3) is 0.556. The average Bonchev–Trinajstić information content (AvgIpc) is 2.96. The summed E-state index contributed by atoms with van der Waals surface area (Å²) in [6, 6.07) is 5.62. The second-order valence-corrected chi connectivity index (χ2v) is 6.92. The Balaban J connectivity index is 1.94. The first-order chi connectivity index (χ1) is 11.9. The van der Waals surface area contributed by atoms with E-state index in [0.29, 0.717) is 41.7 Å². The molecule has 25 heavy (non-hydrogen) atoms. The van der Waals surface area contributed by atoms with Gasteiger partial charge in [-0.3, -0.25) is 0 Å². The number of carbonyl (C=O) groups is 1. The minimum absolute atomic E-state index is 0.137. The number of aliphatic hydroxyl groups is 1. The number of amides is 2.